The number of thiophene rings is 1. The van der Waals surface area contributed by atoms with Crippen LogP contribution in [0.25, 0.3) is 6.08 Å². The van der Waals surface area contributed by atoms with Crippen molar-refractivity contribution in [3.63, 3.8) is 0 Å². The van der Waals surface area contributed by atoms with E-state index in [2.05, 4.69) is 0 Å². The number of aryl methyl sites for hydroxylation is 1. The minimum absolute atomic E-state index is 0.151. The third-order valence-electron chi connectivity index (χ3n) is 3.91. The highest BCUT2D eigenvalue weighted by Gasteiger charge is 2.30. The summed E-state index contributed by atoms with van der Waals surface area (Å²) >= 11 is 1.56. The van der Waals surface area contributed by atoms with Gasteiger partial charge in [-0.3, -0.25) is 4.79 Å². The Bertz CT molecular complexity index is 892. The number of esters is 1. The van der Waals surface area contributed by atoms with E-state index >= 15 is 0 Å². The van der Waals surface area contributed by atoms with E-state index in [9.17, 15) is 9.59 Å². The van der Waals surface area contributed by atoms with Crippen molar-refractivity contribution in [2.45, 2.75) is 33.8 Å². The molecule has 0 saturated carbocycles. The van der Waals surface area contributed by atoms with E-state index in [0.717, 1.165) is 10.4 Å². The summed E-state index contributed by atoms with van der Waals surface area (Å²) in [6.07, 6.45) is 1.57. The normalized spacial score (nSPS) is 14.5. The van der Waals surface area contributed by atoms with Gasteiger partial charge in [-0.1, -0.05) is 0 Å². The Balaban J connectivity index is 1.80. The summed E-state index contributed by atoms with van der Waals surface area (Å²) in [5, 5.41) is 1.97. The second-order valence-corrected chi connectivity index (χ2v) is 7.25. The Morgan fingerprint density at radius 1 is 1.27 bits per heavy atom. The van der Waals surface area contributed by atoms with Gasteiger partial charge in [0.25, 0.3) is 0 Å². The van der Waals surface area contributed by atoms with Crippen molar-refractivity contribution in [3.8, 4) is 11.5 Å². The lowest BCUT2D eigenvalue weighted by atomic mass is 10.1. The topological polar surface area (TPSA) is 61.8 Å². The molecule has 1 aliphatic heterocycles. The molecule has 26 heavy (non-hydrogen) atoms. The minimum atomic E-state index is -0.439. The van der Waals surface area contributed by atoms with Crippen LogP contribution in [0.3, 0.4) is 0 Å². The maximum atomic E-state index is 12.6. The second-order valence-electron chi connectivity index (χ2n) is 6.30. The molecule has 0 amide bonds. The van der Waals surface area contributed by atoms with E-state index in [4.69, 9.17) is 14.2 Å². The summed E-state index contributed by atoms with van der Waals surface area (Å²) in [6, 6.07) is 5.34. The molecule has 5 nitrogen and oxygen atoms in total. The maximum absolute atomic E-state index is 12.6. The fourth-order valence-electron chi connectivity index (χ4n) is 2.61. The summed E-state index contributed by atoms with van der Waals surface area (Å²) in [6.45, 7) is 7.16. The fourth-order valence-corrected chi connectivity index (χ4v) is 3.46. The average Bonchev–Trinajstić information content (AvgIpc) is 3.12. The molecule has 2 heterocycles. The van der Waals surface area contributed by atoms with Crippen molar-refractivity contribution in [2.75, 3.05) is 6.61 Å². The van der Waals surface area contributed by atoms with Crippen LogP contribution < -0.4 is 9.47 Å². The molecule has 136 valence electrons. The number of Topliss-reactive ketones (excluding diaryl/α,β-unsaturated/α-hetero) is 1. The molecule has 0 unspecified atom stereocenters. The summed E-state index contributed by atoms with van der Waals surface area (Å²) < 4.78 is 16.4. The molecule has 0 fully saturated rings. The van der Waals surface area contributed by atoms with E-state index in [1.807, 2.05) is 18.4 Å². The van der Waals surface area contributed by atoms with Crippen LogP contribution in [0, 0.1) is 13.8 Å². The summed E-state index contributed by atoms with van der Waals surface area (Å²) in [5.41, 5.74) is 2.28. The quantitative estimate of drug-likeness (QED) is 0.578. The molecule has 6 heteroatoms. The van der Waals surface area contributed by atoms with Gasteiger partial charge in [-0.25, -0.2) is 4.79 Å². The highest BCUT2D eigenvalue weighted by molar-refractivity contribution is 7.11. The van der Waals surface area contributed by atoms with Crippen LogP contribution in [-0.4, -0.2) is 24.5 Å². The maximum Gasteiger partial charge on any atom is 0.344 e. The largest absolute Gasteiger partial charge is 0.481 e. The highest BCUT2D eigenvalue weighted by atomic mass is 32.1. The Morgan fingerprint density at radius 2 is 2.04 bits per heavy atom. The van der Waals surface area contributed by atoms with Gasteiger partial charge in [-0.05, 0) is 56.8 Å². The van der Waals surface area contributed by atoms with Crippen LogP contribution >= 0.6 is 11.3 Å². The number of ketones is 1. The number of carbonyl (C=O) groups is 2. The lowest BCUT2D eigenvalue weighted by molar-refractivity contribution is -0.149. The molecule has 3 rings (SSSR count). The number of fused-ring (bicyclic) bond motifs is 1. The highest BCUT2D eigenvalue weighted by Crippen LogP contribution is 2.39. The number of allylic oxidation sites excluding steroid dienone is 1. The predicted molar refractivity (Wildman–Crippen MR) is 99.9 cm³/mol. The monoisotopic (exact) mass is 372 g/mol. The first-order valence-electron chi connectivity index (χ1n) is 8.31. The number of rotatable bonds is 5. The number of hydrogen-bond acceptors (Lipinski definition) is 6. The zero-order valence-electron chi connectivity index (χ0n) is 15.1. The molecule has 0 atom stereocenters. The van der Waals surface area contributed by atoms with E-state index < -0.39 is 5.97 Å². The number of carbonyl (C=O) groups excluding carboxylic acids is 2. The Morgan fingerprint density at radius 3 is 2.69 bits per heavy atom. The van der Waals surface area contributed by atoms with Crippen LogP contribution in [0.2, 0.25) is 0 Å². The minimum Gasteiger partial charge on any atom is -0.481 e. The zero-order valence-corrected chi connectivity index (χ0v) is 15.9. The van der Waals surface area contributed by atoms with Gasteiger partial charge in [0.15, 0.2) is 12.4 Å². The number of hydrogen-bond donors (Lipinski definition) is 0. The standard InChI is InChI=1S/C20H20O5S/c1-11(2)24-18(21)10-23-15-6-5-14-19(22)16(25-20(14)13(15)4)9-17-12(3)7-8-26-17/h5-9,11H,10H2,1-4H3/b16-9-. The van der Waals surface area contributed by atoms with Crippen molar-refractivity contribution < 1.29 is 23.8 Å². The summed E-state index contributed by atoms with van der Waals surface area (Å²) in [5.74, 6) is 0.674. The molecule has 0 N–H and O–H groups in total. The molecule has 1 aromatic carbocycles. The van der Waals surface area contributed by atoms with E-state index in [1.165, 1.54) is 0 Å². The van der Waals surface area contributed by atoms with Crippen LogP contribution in [0.4, 0.5) is 0 Å². The SMILES string of the molecule is Cc1ccsc1/C=C1\Oc2c(ccc(OCC(=O)OC(C)C)c2C)C1=O. The van der Waals surface area contributed by atoms with Crippen molar-refractivity contribution in [1.82, 2.24) is 0 Å². The number of ether oxygens (including phenoxy) is 3. The molecule has 1 aromatic heterocycles. The molecule has 0 spiro atoms. The van der Waals surface area contributed by atoms with Gasteiger partial charge in [-0.15, -0.1) is 11.3 Å². The fraction of sp³-hybridized carbons (Fsp3) is 0.300. The second kappa shape index (κ2) is 7.33. The lowest BCUT2D eigenvalue weighted by Gasteiger charge is -2.12. The molecule has 0 aliphatic carbocycles. The van der Waals surface area contributed by atoms with Crippen LogP contribution in [0.1, 0.15) is 40.2 Å². The Labute approximate surface area is 156 Å². The summed E-state index contributed by atoms with van der Waals surface area (Å²) in [7, 11) is 0. The van der Waals surface area contributed by atoms with Gasteiger partial charge in [0, 0.05) is 16.5 Å². The molecule has 0 radical (unpaired) electrons. The van der Waals surface area contributed by atoms with Crippen molar-refractivity contribution in [3.05, 3.63) is 50.9 Å². The van der Waals surface area contributed by atoms with Crippen molar-refractivity contribution in [1.29, 1.82) is 0 Å². The molecular weight excluding hydrogens is 352 g/mol. The average molecular weight is 372 g/mol. The zero-order chi connectivity index (χ0) is 18.8. The van der Waals surface area contributed by atoms with Gasteiger partial charge in [-0.2, -0.15) is 0 Å². The molecule has 2 aromatic rings. The molecular formula is C20H20O5S. The Hall–Kier alpha value is -2.60. The van der Waals surface area contributed by atoms with Gasteiger partial charge < -0.3 is 14.2 Å². The van der Waals surface area contributed by atoms with Crippen molar-refractivity contribution >= 4 is 29.2 Å². The first kappa shape index (κ1) is 18.2. The molecule has 1 aliphatic rings. The third kappa shape index (κ3) is 3.65. The molecule has 0 bridgehead atoms. The first-order valence-corrected chi connectivity index (χ1v) is 9.19. The van der Waals surface area contributed by atoms with E-state index in [0.29, 0.717) is 28.4 Å². The van der Waals surface area contributed by atoms with Gasteiger partial charge >= 0.3 is 5.97 Å². The smallest absolute Gasteiger partial charge is 0.344 e. The van der Waals surface area contributed by atoms with Gasteiger partial charge in [0.2, 0.25) is 5.78 Å². The van der Waals surface area contributed by atoms with Gasteiger partial charge in [0.05, 0.1) is 11.7 Å². The Kier molecular flexibility index (Phi) is 5.13. The number of benzene rings is 1. The first-order chi connectivity index (χ1) is 12.4. The predicted octanol–water partition coefficient (Wildman–Crippen LogP) is 4.31. The van der Waals surface area contributed by atoms with Crippen molar-refractivity contribution in [2.24, 2.45) is 0 Å². The van der Waals surface area contributed by atoms with E-state index in [-0.39, 0.29) is 18.5 Å². The van der Waals surface area contributed by atoms with Crippen LogP contribution in [-0.2, 0) is 9.53 Å². The molecule has 0 saturated heterocycles. The summed E-state index contributed by atoms with van der Waals surface area (Å²) in [4.78, 5) is 25.2. The third-order valence-corrected chi connectivity index (χ3v) is 4.88. The lowest BCUT2D eigenvalue weighted by Crippen LogP contribution is -2.19. The van der Waals surface area contributed by atoms with Crippen LogP contribution in [0.15, 0.2) is 29.3 Å². The van der Waals surface area contributed by atoms with Crippen LogP contribution in [0.5, 0.6) is 11.5 Å². The van der Waals surface area contributed by atoms with E-state index in [1.54, 1.807) is 50.3 Å². The van der Waals surface area contributed by atoms with Gasteiger partial charge in [0.1, 0.15) is 11.5 Å².